The quantitative estimate of drug-likeness (QED) is 0.496. The van der Waals surface area contributed by atoms with Gasteiger partial charge in [0.05, 0.1) is 18.0 Å². The van der Waals surface area contributed by atoms with Crippen LogP contribution in [0.3, 0.4) is 0 Å². The third kappa shape index (κ3) is 3.78. The van der Waals surface area contributed by atoms with Gasteiger partial charge in [0.15, 0.2) is 0 Å². The van der Waals surface area contributed by atoms with Crippen LogP contribution in [0.25, 0.3) is 0 Å². The standard InChI is InChI=1S/C22H17Cl2NO2S/c23-14-9-13(12-26)22(27)16(10-14)19-11-21(15-5-1-2-6-17(15)24)28-20-8-4-3-7-18(20)25-19/h1-10,21,26-27H,11-12H2. The van der Waals surface area contributed by atoms with E-state index in [1.54, 1.807) is 23.9 Å². The van der Waals surface area contributed by atoms with E-state index in [9.17, 15) is 10.2 Å². The average Bonchev–Trinajstić information content (AvgIpc) is 2.89. The van der Waals surface area contributed by atoms with Crippen LogP contribution in [0.5, 0.6) is 5.75 Å². The molecule has 0 aromatic heterocycles. The van der Waals surface area contributed by atoms with E-state index in [4.69, 9.17) is 28.2 Å². The molecule has 6 heteroatoms. The molecule has 1 aliphatic rings. The summed E-state index contributed by atoms with van der Waals surface area (Å²) < 4.78 is 0. The molecule has 0 aliphatic carbocycles. The lowest BCUT2D eigenvalue weighted by molar-refractivity contribution is 0.275. The zero-order chi connectivity index (χ0) is 19.7. The summed E-state index contributed by atoms with van der Waals surface area (Å²) in [7, 11) is 0. The van der Waals surface area contributed by atoms with E-state index in [-0.39, 0.29) is 17.6 Å². The number of para-hydroxylation sites is 1. The topological polar surface area (TPSA) is 52.8 Å². The molecule has 1 unspecified atom stereocenters. The minimum absolute atomic E-state index is 0.00735. The van der Waals surface area contributed by atoms with Gasteiger partial charge in [-0.1, -0.05) is 53.5 Å². The maximum atomic E-state index is 10.7. The van der Waals surface area contributed by atoms with Crippen molar-refractivity contribution in [3.05, 3.63) is 87.4 Å². The van der Waals surface area contributed by atoms with Crippen LogP contribution >= 0.6 is 35.0 Å². The highest BCUT2D eigenvalue weighted by Crippen LogP contribution is 2.47. The van der Waals surface area contributed by atoms with Crippen LogP contribution in [0.15, 0.2) is 70.6 Å². The largest absolute Gasteiger partial charge is 0.507 e. The van der Waals surface area contributed by atoms with E-state index in [0.717, 1.165) is 16.1 Å². The Balaban J connectivity index is 1.88. The summed E-state index contributed by atoms with van der Waals surface area (Å²) in [5.74, 6) is 0.00735. The molecular formula is C22H17Cl2NO2S. The number of halogens is 2. The molecule has 3 aromatic rings. The van der Waals surface area contributed by atoms with Crippen molar-refractivity contribution in [3.8, 4) is 5.75 Å². The number of aromatic hydroxyl groups is 1. The maximum Gasteiger partial charge on any atom is 0.130 e. The average molecular weight is 430 g/mol. The first-order chi connectivity index (χ1) is 13.6. The molecular weight excluding hydrogens is 413 g/mol. The Kier molecular flexibility index (Phi) is 5.65. The Bertz CT molecular complexity index is 1070. The molecule has 0 saturated carbocycles. The van der Waals surface area contributed by atoms with E-state index in [0.29, 0.717) is 33.3 Å². The third-order valence-electron chi connectivity index (χ3n) is 4.66. The summed E-state index contributed by atoms with van der Waals surface area (Å²) in [6.45, 7) is -0.300. The molecule has 28 heavy (non-hydrogen) atoms. The Morgan fingerprint density at radius 3 is 2.57 bits per heavy atom. The second-order valence-electron chi connectivity index (χ2n) is 6.48. The number of fused-ring (bicyclic) bond motifs is 1. The highest BCUT2D eigenvalue weighted by molar-refractivity contribution is 7.99. The van der Waals surface area contributed by atoms with Gasteiger partial charge in [0, 0.05) is 37.7 Å². The first-order valence-corrected chi connectivity index (χ1v) is 10.4. The van der Waals surface area contributed by atoms with Crippen molar-refractivity contribution in [1.29, 1.82) is 0 Å². The summed E-state index contributed by atoms with van der Waals surface area (Å²) in [6.07, 6.45) is 0.557. The lowest BCUT2D eigenvalue weighted by Crippen LogP contribution is -2.07. The number of rotatable bonds is 3. The van der Waals surface area contributed by atoms with Crippen LogP contribution in [0.1, 0.15) is 28.4 Å². The molecule has 142 valence electrons. The van der Waals surface area contributed by atoms with Gasteiger partial charge in [-0.25, -0.2) is 0 Å². The van der Waals surface area contributed by atoms with Crippen molar-refractivity contribution in [2.24, 2.45) is 4.99 Å². The van der Waals surface area contributed by atoms with Crippen LogP contribution in [0.4, 0.5) is 5.69 Å². The predicted octanol–water partition coefficient (Wildman–Crippen LogP) is 6.55. The number of phenols is 1. The first-order valence-electron chi connectivity index (χ1n) is 8.77. The number of thioether (sulfide) groups is 1. The number of hydrogen-bond acceptors (Lipinski definition) is 4. The zero-order valence-electron chi connectivity index (χ0n) is 14.8. The summed E-state index contributed by atoms with van der Waals surface area (Å²) in [5, 5.41) is 21.4. The molecule has 0 radical (unpaired) electrons. The van der Waals surface area contributed by atoms with Crippen molar-refractivity contribution < 1.29 is 10.2 Å². The number of nitrogens with zero attached hydrogens (tertiary/aromatic N) is 1. The molecule has 0 spiro atoms. The fourth-order valence-corrected chi connectivity index (χ4v) is 5.13. The van der Waals surface area contributed by atoms with Crippen molar-refractivity contribution in [2.75, 3.05) is 0 Å². The van der Waals surface area contributed by atoms with E-state index in [2.05, 4.69) is 0 Å². The summed E-state index contributed by atoms with van der Waals surface area (Å²) >= 11 is 14.4. The van der Waals surface area contributed by atoms with E-state index >= 15 is 0 Å². The Morgan fingerprint density at radius 2 is 1.79 bits per heavy atom. The molecule has 4 rings (SSSR count). The molecule has 1 atom stereocenters. The fraction of sp³-hybridized carbons (Fsp3) is 0.136. The molecule has 2 N–H and O–H groups in total. The van der Waals surface area contributed by atoms with Crippen LogP contribution < -0.4 is 0 Å². The summed E-state index contributed by atoms with van der Waals surface area (Å²) in [4.78, 5) is 5.89. The minimum Gasteiger partial charge on any atom is -0.507 e. The van der Waals surface area contributed by atoms with E-state index in [1.165, 1.54) is 0 Å². The van der Waals surface area contributed by atoms with Gasteiger partial charge >= 0.3 is 0 Å². The highest BCUT2D eigenvalue weighted by Gasteiger charge is 2.26. The monoisotopic (exact) mass is 429 g/mol. The molecule has 0 fully saturated rings. The van der Waals surface area contributed by atoms with E-state index in [1.807, 2.05) is 48.5 Å². The van der Waals surface area contributed by atoms with Gasteiger partial charge in [-0.3, -0.25) is 4.99 Å². The van der Waals surface area contributed by atoms with Gasteiger partial charge in [-0.15, -0.1) is 11.8 Å². The number of benzene rings is 3. The second-order valence-corrected chi connectivity index (χ2v) is 8.57. The Labute approximate surface area is 177 Å². The first kappa shape index (κ1) is 19.3. The van der Waals surface area contributed by atoms with Crippen LogP contribution in [-0.2, 0) is 6.61 Å². The SMILES string of the molecule is OCc1cc(Cl)cc(C2=Nc3ccccc3SC(c3ccccc3Cl)C2)c1O. The van der Waals surface area contributed by atoms with Crippen LogP contribution in [0, 0.1) is 0 Å². The third-order valence-corrected chi connectivity index (χ3v) is 6.52. The van der Waals surface area contributed by atoms with Crippen LogP contribution in [0.2, 0.25) is 10.0 Å². The number of hydrogen-bond donors (Lipinski definition) is 2. The predicted molar refractivity (Wildman–Crippen MR) is 116 cm³/mol. The molecule has 3 nitrogen and oxygen atoms in total. The number of aliphatic hydroxyl groups is 1. The summed E-state index contributed by atoms with van der Waals surface area (Å²) in [5.41, 5.74) is 3.47. The Morgan fingerprint density at radius 1 is 1.04 bits per heavy atom. The lowest BCUT2D eigenvalue weighted by atomic mass is 9.98. The normalized spacial score (nSPS) is 16.2. The van der Waals surface area contributed by atoms with Crippen molar-refractivity contribution in [2.45, 2.75) is 23.2 Å². The van der Waals surface area contributed by atoms with Gasteiger partial charge in [0.2, 0.25) is 0 Å². The minimum atomic E-state index is -0.300. The van der Waals surface area contributed by atoms with Crippen LogP contribution in [-0.4, -0.2) is 15.9 Å². The van der Waals surface area contributed by atoms with Crippen molar-refractivity contribution in [1.82, 2.24) is 0 Å². The van der Waals surface area contributed by atoms with Gasteiger partial charge in [-0.05, 0) is 35.9 Å². The Hall–Kier alpha value is -1.98. The van der Waals surface area contributed by atoms with Crippen molar-refractivity contribution >= 4 is 46.4 Å². The molecule has 1 heterocycles. The highest BCUT2D eigenvalue weighted by atomic mass is 35.5. The van der Waals surface area contributed by atoms with E-state index < -0.39 is 0 Å². The van der Waals surface area contributed by atoms with Crippen molar-refractivity contribution in [3.63, 3.8) is 0 Å². The summed E-state index contributed by atoms with van der Waals surface area (Å²) in [6, 6.07) is 18.9. The molecule has 1 aliphatic heterocycles. The van der Waals surface area contributed by atoms with Gasteiger partial charge < -0.3 is 10.2 Å². The molecule has 0 saturated heterocycles. The van der Waals surface area contributed by atoms with Gasteiger partial charge in [-0.2, -0.15) is 0 Å². The second kappa shape index (κ2) is 8.18. The number of aliphatic hydroxyl groups excluding tert-OH is 1. The smallest absolute Gasteiger partial charge is 0.130 e. The maximum absolute atomic E-state index is 10.7. The lowest BCUT2D eigenvalue weighted by Gasteiger charge is -2.18. The molecule has 0 amide bonds. The fourth-order valence-electron chi connectivity index (χ4n) is 3.29. The molecule has 0 bridgehead atoms. The van der Waals surface area contributed by atoms with Gasteiger partial charge in [0.1, 0.15) is 5.75 Å². The zero-order valence-corrected chi connectivity index (χ0v) is 17.1. The number of aliphatic imine (C=N–C) groups is 1. The van der Waals surface area contributed by atoms with Gasteiger partial charge in [0.25, 0.3) is 0 Å². The molecule has 3 aromatic carbocycles.